The summed E-state index contributed by atoms with van der Waals surface area (Å²) in [5.74, 6) is -2.15. The normalized spacial score (nSPS) is 34.3. The van der Waals surface area contributed by atoms with Crippen molar-refractivity contribution in [2.24, 2.45) is 28.2 Å². The third-order valence-electron chi connectivity index (χ3n) is 10.4. The van der Waals surface area contributed by atoms with Gasteiger partial charge in [0, 0.05) is 38.4 Å². The van der Waals surface area contributed by atoms with Crippen LogP contribution in [0.4, 0.5) is 0 Å². The highest BCUT2D eigenvalue weighted by Crippen LogP contribution is 2.33. The smallest absolute Gasteiger partial charge is 0.328 e. The Labute approximate surface area is 304 Å². The highest BCUT2D eigenvalue weighted by molar-refractivity contribution is 8.14. The van der Waals surface area contributed by atoms with Gasteiger partial charge in [-0.15, -0.1) is 11.8 Å². The molecule has 2 rings (SSSR count). The predicted molar refractivity (Wildman–Crippen MR) is 198 cm³/mol. The molecule has 2 bridgehead atoms. The van der Waals surface area contributed by atoms with E-state index < -0.39 is 71.4 Å². The Morgan fingerprint density at radius 3 is 2.08 bits per heavy atom. The van der Waals surface area contributed by atoms with Gasteiger partial charge in [-0.1, -0.05) is 61.0 Å². The minimum absolute atomic E-state index is 0.00141. The van der Waals surface area contributed by atoms with E-state index in [-0.39, 0.29) is 23.8 Å². The van der Waals surface area contributed by atoms with E-state index >= 15 is 0 Å². The molecule has 0 aromatic carbocycles. The Kier molecular flexibility index (Phi) is 15.6. The summed E-state index contributed by atoms with van der Waals surface area (Å²) in [4.78, 5) is 76.8. The number of cyclic esters (lactones) is 1. The number of rotatable bonds is 2. The highest BCUT2D eigenvalue weighted by Gasteiger charge is 2.40. The van der Waals surface area contributed by atoms with E-state index in [1.54, 1.807) is 45.5 Å². The van der Waals surface area contributed by atoms with Crippen molar-refractivity contribution in [3.63, 3.8) is 0 Å². The maximum Gasteiger partial charge on any atom is 0.328 e. The molecule has 0 radical (unpaired) electrons. The SMILES string of the molecule is CC[C@H](C)[C@H]1C(=O)N(C)[C@@H](C)C(=O)O[C@H](C(C)(C)C)C[C@@H](C)C[C@H](O)[C@@H](C)C2=N[C@@H](/C=C(\C)C(=O)N[C@@H](C)C(=O)N(C)[C@@H](C)C(=O)N1C)CS2. The second kappa shape index (κ2) is 18.0. The van der Waals surface area contributed by atoms with Gasteiger partial charge in [0.15, 0.2) is 0 Å². The van der Waals surface area contributed by atoms with Gasteiger partial charge in [-0.25, -0.2) is 4.79 Å². The Morgan fingerprint density at radius 1 is 0.940 bits per heavy atom. The van der Waals surface area contributed by atoms with E-state index in [1.807, 2.05) is 48.5 Å². The molecular formula is C37H63N5O7S. The Morgan fingerprint density at radius 2 is 1.52 bits per heavy atom. The van der Waals surface area contributed by atoms with Crippen molar-refractivity contribution >= 4 is 46.4 Å². The number of aliphatic imine (C=N–C) groups is 1. The van der Waals surface area contributed by atoms with Gasteiger partial charge in [0.25, 0.3) is 0 Å². The second-order valence-electron chi connectivity index (χ2n) is 15.6. The van der Waals surface area contributed by atoms with Crippen LogP contribution in [0.2, 0.25) is 0 Å². The summed E-state index contributed by atoms with van der Waals surface area (Å²) in [5, 5.41) is 14.8. The molecule has 0 aliphatic carbocycles. The number of aliphatic hydroxyl groups is 1. The van der Waals surface area contributed by atoms with Gasteiger partial charge in [0.1, 0.15) is 30.3 Å². The lowest BCUT2D eigenvalue weighted by molar-refractivity contribution is -0.166. The number of nitrogens with zero attached hydrogens (tertiary/aromatic N) is 4. The number of thioether (sulfide) groups is 1. The molecule has 2 aliphatic heterocycles. The maximum atomic E-state index is 14.1. The predicted octanol–water partition coefficient (Wildman–Crippen LogP) is 3.90. The van der Waals surface area contributed by atoms with Crippen LogP contribution in [0, 0.1) is 23.2 Å². The Bertz CT molecular complexity index is 1310. The summed E-state index contributed by atoms with van der Waals surface area (Å²) in [6, 6.07) is -3.97. The molecule has 0 aromatic heterocycles. The van der Waals surface area contributed by atoms with Crippen molar-refractivity contribution in [1.29, 1.82) is 0 Å². The first kappa shape index (κ1) is 43.2. The van der Waals surface area contributed by atoms with Crippen LogP contribution in [0.5, 0.6) is 0 Å². The molecule has 2 N–H and O–H groups in total. The van der Waals surface area contributed by atoms with Gasteiger partial charge in [-0.2, -0.15) is 0 Å². The number of carbonyl (C=O) groups is 5. The average Bonchev–Trinajstić information content (AvgIpc) is 3.52. The van der Waals surface area contributed by atoms with Crippen molar-refractivity contribution in [2.75, 3.05) is 26.9 Å². The molecule has 0 aromatic rings. The van der Waals surface area contributed by atoms with Crippen LogP contribution in [0.3, 0.4) is 0 Å². The molecule has 0 saturated carbocycles. The topological polar surface area (TPSA) is 149 Å². The molecular weight excluding hydrogens is 659 g/mol. The largest absolute Gasteiger partial charge is 0.460 e. The number of aliphatic hydroxyl groups excluding tert-OH is 1. The molecule has 0 saturated heterocycles. The number of carbonyl (C=O) groups excluding carboxylic acids is 5. The summed E-state index contributed by atoms with van der Waals surface area (Å²) < 4.78 is 6.11. The first-order valence-corrected chi connectivity index (χ1v) is 18.9. The van der Waals surface area contributed by atoms with Gasteiger partial charge in [-0.3, -0.25) is 24.2 Å². The number of hydrogen-bond donors (Lipinski definition) is 2. The monoisotopic (exact) mass is 721 g/mol. The third-order valence-corrected chi connectivity index (χ3v) is 11.7. The van der Waals surface area contributed by atoms with E-state index in [4.69, 9.17) is 9.73 Å². The van der Waals surface area contributed by atoms with Gasteiger partial charge < -0.3 is 29.9 Å². The van der Waals surface area contributed by atoms with Gasteiger partial charge in [0.2, 0.25) is 23.6 Å². The number of ether oxygens (including phenoxy) is 1. The number of likely N-dealkylation sites (N-methyl/N-ethyl adjacent to an activating group) is 3. The molecule has 0 unspecified atom stereocenters. The van der Waals surface area contributed by atoms with E-state index in [0.717, 1.165) is 5.04 Å². The zero-order valence-electron chi connectivity index (χ0n) is 32.8. The summed E-state index contributed by atoms with van der Waals surface area (Å²) in [5.41, 5.74) is 0.0000319. The quantitative estimate of drug-likeness (QED) is 0.408. The van der Waals surface area contributed by atoms with Crippen molar-refractivity contribution in [1.82, 2.24) is 20.0 Å². The molecule has 4 amide bonds. The van der Waals surface area contributed by atoms with Crippen LogP contribution in [0.1, 0.15) is 95.4 Å². The Balaban J connectivity index is 2.53. The number of fused-ring (bicyclic) bond motifs is 1. The molecule has 0 fully saturated rings. The minimum Gasteiger partial charge on any atom is -0.460 e. The lowest BCUT2D eigenvalue weighted by atomic mass is 9.81. The Hall–Kier alpha value is -2.93. The van der Waals surface area contributed by atoms with E-state index in [9.17, 15) is 29.1 Å². The fraction of sp³-hybridized carbons (Fsp3) is 0.784. The third kappa shape index (κ3) is 10.8. The highest BCUT2D eigenvalue weighted by atomic mass is 32.2. The molecule has 2 aliphatic rings. The van der Waals surface area contributed by atoms with Crippen molar-refractivity contribution in [3.8, 4) is 0 Å². The zero-order valence-corrected chi connectivity index (χ0v) is 33.6. The van der Waals surface area contributed by atoms with E-state index in [0.29, 0.717) is 30.6 Å². The number of amides is 4. The second-order valence-corrected chi connectivity index (χ2v) is 16.7. The minimum atomic E-state index is -0.944. The number of nitrogens with one attached hydrogen (secondary N) is 1. The lowest BCUT2D eigenvalue weighted by Crippen LogP contribution is -2.59. The van der Waals surface area contributed by atoms with Crippen LogP contribution < -0.4 is 5.32 Å². The molecule has 13 heteroatoms. The zero-order chi connectivity index (χ0) is 38.4. The average molecular weight is 722 g/mol. The fourth-order valence-corrected chi connectivity index (χ4v) is 7.35. The van der Waals surface area contributed by atoms with Crippen molar-refractivity contribution in [2.45, 2.75) is 138 Å². The molecule has 0 spiro atoms. The maximum absolute atomic E-state index is 14.1. The van der Waals surface area contributed by atoms with Gasteiger partial charge in [-0.05, 0) is 57.8 Å². The van der Waals surface area contributed by atoms with Crippen molar-refractivity contribution < 1.29 is 33.8 Å². The van der Waals surface area contributed by atoms with Crippen LogP contribution in [-0.2, 0) is 28.7 Å². The summed E-state index contributed by atoms with van der Waals surface area (Å²) in [6.07, 6.45) is 2.17. The van der Waals surface area contributed by atoms with Crippen LogP contribution in [-0.4, -0.2) is 124 Å². The van der Waals surface area contributed by atoms with E-state index in [1.165, 1.54) is 35.8 Å². The van der Waals surface area contributed by atoms with Gasteiger partial charge >= 0.3 is 5.97 Å². The first-order chi connectivity index (χ1) is 23.0. The molecule has 2 heterocycles. The lowest BCUT2D eigenvalue weighted by Gasteiger charge is -2.39. The summed E-state index contributed by atoms with van der Waals surface area (Å²) >= 11 is 1.56. The molecule has 12 nitrogen and oxygen atoms in total. The summed E-state index contributed by atoms with van der Waals surface area (Å²) in [6.45, 7) is 20.2. The fourth-order valence-electron chi connectivity index (χ4n) is 6.20. The molecule has 50 heavy (non-hydrogen) atoms. The van der Waals surface area contributed by atoms with Crippen LogP contribution in [0.25, 0.3) is 0 Å². The number of esters is 1. The van der Waals surface area contributed by atoms with Gasteiger partial charge in [0.05, 0.1) is 17.2 Å². The first-order valence-electron chi connectivity index (χ1n) is 17.9. The van der Waals surface area contributed by atoms with Crippen LogP contribution in [0.15, 0.2) is 16.6 Å². The van der Waals surface area contributed by atoms with Crippen LogP contribution >= 0.6 is 11.8 Å². The standard InChI is InChI=1S/C37H63N5O7S/c1-15-21(3)30-35(47)41(13)26(8)36(48)49-29(37(9,10)11)17-20(2)16-28(43)23(5)32-39-27(19-50-32)18-22(4)31(44)38-24(6)33(45)40(12)25(7)34(46)42(30)14/h18,20-21,23-30,43H,15-17,19H2,1-14H3,(H,38,44)/b22-18+/t20-,21-,23+,24-,25-,26-,27-,28-,29-,30-/m0/s1. The van der Waals surface area contributed by atoms with Crippen molar-refractivity contribution in [3.05, 3.63) is 11.6 Å². The molecule has 10 atom stereocenters. The molecule has 284 valence electrons. The summed E-state index contributed by atoms with van der Waals surface area (Å²) in [7, 11) is 4.57. The number of hydrogen-bond acceptors (Lipinski definition) is 9. The van der Waals surface area contributed by atoms with E-state index in [2.05, 4.69) is 5.32 Å².